The molecule has 1 atom stereocenters. The number of carbonyl (C=O) groups is 2. The van der Waals surface area contributed by atoms with E-state index in [4.69, 9.17) is 4.74 Å². The van der Waals surface area contributed by atoms with E-state index in [0.29, 0.717) is 12.0 Å². The lowest BCUT2D eigenvalue weighted by Gasteiger charge is -2.14. The summed E-state index contributed by atoms with van der Waals surface area (Å²) in [7, 11) is 0. The van der Waals surface area contributed by atoms with Crippen molar-refractivity contribution in [3.63, 3.8) is 0 Å². The molecular weight excluding hydrogens is 284 g/mol. The van der Waals surface area contributed by atoms with Crippen LogP contribution in [0.2, 0.25) is 0 Å². The Morgan fingerprint density at radius 3 is 2.47 bits per heavy atom. The number of Topliss-reactive ketones (excluding diaryl/α,β-unsaturated/α-hetero) is 1. The Morgan fingerprint density at radius 1 is 1.29 bits per heavy atom. The number of ether oxygens (including phenoxy) is 1. The van der Waals surface area contributed by atoms with Gasteiger partial charge < -0.3 is 4.74 Å². The highest BCUT2D eigenvalue weighted by Gasteiger charge is 2.19. The first kappa shape index (κ1) is 13.9. The van der Waals surface area contributed by atoms with Crippen LogP contribution in [0.15, 0.2) is 30.3 Å². The molecule has 92 valence electrons. The molecule has 3 nitrogen and oxygen atoms in total. The minimum atomic E-state index is -0.639. The summed E-state index contributed by atoms with van der Waals surface area (Å²) >= 11 is 3.29. The third-order valence-electron chi connectivity index (χ3n) is 2.31. The van der Waals surface area contributed by atoms with Crippen LogP contribution in [0.25, 0.3) is 0 Å². The van der Waals surface area contributed by atoms with E-state index >= 15 is 0 Å². The number of carbonyl (C=O) groups excluding carboxylic acids is 2. The second-order valence-electron chi connectivity index (χ2n) is 3.70. The van der Waals surface area contributed by atoms with Crippen molar-refractivity contribution in [1.82, 2.24) is 0 Å². The van der Waals surface area contributed by atoms with Gasteiger partial charge in [-0.3, -0.25) is 4.79 Å². The predicted molar refractivity (Wildman–Crippen MR) is 69.4 cm³/mol. The van der Waals surface area contributed by atoms with Gasteiger partial charge in [0.2, 0.25) is 0 Å². The van der Waals surface area contributed by atoms with Crippen molar-refractivity contribution >= 4 is 27.7 Å². The van der Waals surface area contributed by atoms with Crippen molar-refractivity contribution in [3.05, 3.63) is 35.9 Å². The zero-order valence-electron chi connectivity index (χ0n) is 9.69. The molecule has 0 fully saturated rings. The number of esters is 1. The molecule has 0 aliphatic carbocycles. The third-order valence-corrected chi connectivity index (χ3v) is 2.87. The summed E-state index contributed by atoms with van der Waals surface area (Å²) in [5.41, 5.74) is 0.470. The molecular formula is C13H15BrO3. The van der Waals surface area contributed by atoms with Crippen molar-refractivity contribution in [1.29, 1.82) is 0 Å². The zero-order valence-corrected chi connectivity index (χ0v) is 11.3. The van der Waals surface area contributed by atoms with E-state index in [1.165, 1.54) is 6.92 Å². The van der Waals surface area contributed by atoms with Gasteiger partial charge in [-0.25, -0.2) is 4.79 Å². The maximum Gasteiger partial charge on any atom is 0.338 e. The van der Waals surface area contributed by atoms with Gasteiger partial charge in [-0.15, -0.1) is 0 Å². The maximum absolute atomic E-state index is 11.7. The highest BCUT2D eigenvalue weighted by Crippen LogP contribution is 2.10. The Bertz CT molecular complexity index is 376. The van der Waals surface area contributed by atoms with Gasteiger partial charge in [-0.05, 0) is 31.9 Å². The smallest absolute Gasteiger partial charge is 0.338 e. The largest absolute Gasteiger partial charge is 0.451 e. The molecule has 0 heterocycles. The lowest BCUT2D eigenvalue weighted by atomic mass is 10.1. The van der Waals surface area contributed by atoms with E-state index in [9.17, 15) is 9.59 Å². The lowest BCUT2D eigenvalue weighted by molar-refractivity contribution is -0.125. The highest BCUT2D eigenvalue weighted by molar-refractivity contribution is 9.09. The topological polar surface area (TPSA) is 43.4 Å². The Kier molecular flexibility index (Phi) is 5.91. The Labute approximate surface area is 109 Å². The summed E-state index contributed by atoms with van der Waals surface area (Å²) in [5, 5.41) is 0.791. The molecule has 1 aromatic carbocycles. The van der Waals surface area contributed by atoms with E-state index in [1.807, 2.05) is 6.07 Å². The Hall–Kier alpha value is -1.16. The summed E-state index contributed by atoms with van der Waals surface area (Å²) in [6, 6.07) is 8.69. The first-order chi connectivity index (χ1) is 8.15. The van der Waals surface area contributed by atoms with Crippen LogP contribution in [0.5, 0.6) is 0 Å². The number of ketones is 1. The second kappa shape index (κ2) is 7.22. The molecule has 0 bridgehead atoms. The van der Waals surface area contributed by atoms with Gasteiger partial charge in [-0.2, -0.15) is 0 Å². The van der Waals surface area contributed by atoms with Gasteiger partial charge in [0.25, 0.3) is 0 Å². The average Bonchev–Trinajstić information content (AvgIpc) is 2.35. The molecule has 1 aromatic rings. The maximum atomic E-state index is 11.7. The average molecular weight is 299 g/mol. The van der Waals surface area contributed by atoms with Gasteiger partial charge in [0, 0.05) is 5.33 Å². The minimum Gasteiger partial charge on any atom is -0.451 e. The van der Waals surface area contributed by atoms with Gasteiger partial charge in [-0.1, -0.05) is 34.1 Å². The van der Waals surface area contributed by atoms with Gasteiger partial charge in [0.05, 0.1) is 5.56 Å². The van der Waals surface area contributed by atoms with Crippen LogP contribution in [-0.4, -0.2) is 23.2 Å². The third kappa shape index (κ3) is 4.69. The minimum absolute atomic E-state index is 0.116. The van der Waals surface area contributed by atoms with Crippen molar-refractivity contribution in [2.75, 3.05) is 5.33 Å². The molecule has 0 amide bonds. The first-order valence-electron chi connectivity index (χ1n) is 5.47. The van der Waals surface area contributed by atoms with Crippen LogP contribution in [0.1, 0.15) is 30.1 Å². The van der Waals surface area contributed by atoms with E-state index in [0.717, 1.165) is 11.8 Å². The zero-order chi connectivity index (χ0) is 12.7. The molecule has 4 heteroatoms. The summed E-state index contributed by atoms with van der Waals surface area (Å²) in [5.74, 6) is -0.560. The van der Waals surface area contributed by atoms with E-state index in [1.54, 1.807) is 24.3 Å². The lowest BCUT2D eigenvalue weighted by Crippen LogP contribution is -2.25. The summed E-state index contributed by atoms with van der Waals surface area (Å²) in [6.07, 6.45) is 0.714. The SMILES string of the molecule is CC(=O)C(CCCBr)OC(=O)c1ccccc1. The monoisotopic (exact) mass is 298 g/mol. The van der Waals surface area contributed by atoms with Crippen LogP contribution >= 0.6 is 15.9 Å². The van der Waals surface area contributed by atoms with E-state index in [-0.39, 0.29) is 5.78 Å². The Morgan fingerprint density at radius 2 is 1.94 bits per heavy atom. The standard InChI is InChI=1S/C13H15BrO3/c1-10(15)12(8-5-9-14)17-13(16)11-6-3-2-4-7-11/h2-4,6-7,12H,5,8-9H2,1H3. The molecule has 0 radical (unpaired) electrons. The van der Waals surface area contributed by atoms with Crippen molar-refractivity contribution in [2.24, 2.45) is 0 Å². The number of halogens is 1. The summed E-state index contributed by atoms with van der Waals surface area (Å²) in [4.78, 5) is 23.1. The number of hydrogen-bond donors (Lipinski definition) is 0. The fourth-order valence-electron chi connectivity index (χ4n) is 1.38. The molecule has 0 spiro atoms. The summed E-state index contributed by atoms with van der Waals surface area (Å²) < 4.78 is 5.19. The first-order valence-corrected chi connectivity index (χ1v) is 6.59. The Balaban J connectivity index is 2.61. The highest BCUT2D eigenvalue weighted by atomic mass is 79.9. The molecule has 1 unspecified atom stereocenters. The molecule has 0 aliphatic heterocycles. The second-order valence-corrected chi connectivity index (χ2v) is 4.49. The number of benzene rings is 1. The number of hydrogen-bond acceptors (Lipinski definition) is 3. The van der Waals surface area contributed by atoms with Crippen LogP contribution < -0.4 is 0 Å². The molecule has 0 saturated carbocycles. The summed E-state index contributed by atoms with van der Waals surface area (Å²) in [6.45, 7) is 1.44. The van der Waals surface area contributed by atoms with Crippen LogP contribution in [0.3, 0.4) is 0 Å². The van der Waals surface area contributed by atoms with E-state index < -0.39 is 12.1 Å². The molecule has 17 heavy (non-hydrogen) atoms. The number of rotatable bonds is 6. The van der Waals surface area contributed by atoms with Crippen LogP contribution in [-0.2, 0) is 9.53 Å². The van der Waals surface area contributed by atoms with Crippen LogP contribution in [0, 0.1) is 0 Å². The van der Waals surface area contributed by atoms with Gasteiger partial charge in [0.15, 0.2) is 11.9 Å². The normalized spacial score (nSPS) is 11.9. The molecule has 1 rings (SSSR count). The van der Waals surface area contributed by atoms with E-state index in [2.05, 4.69) is 15.9 Å². The fourth-order valence-corrected chi connectivity index (χ4v) is 1.70. The molecule has 0 saturated heterocycles. The molecule has 0 N–H and O–H groups in total. The molecule has 0 aliphatic rings. The quantitative estimate of drug-likeness (QED) is 0.599. The van der Waals surface area contributed by atoms with Crippen molar-refractivity contribution in [2.45, 2.75) is 25.9 Å². The van der Waals surface area contributed by atoms with Gasteiger partial charge >= 0.3 is 5.97 Å². The van der Waals surface area contributed by atoms with Crippen molar-refractivity contribution in [3.8, 4) is 0 Å². The number of alkyl halides is 1. The predicted octanol–water partition coefficient (Wildman–Crippen LogP) is 2.98. The molecule has 0 aromatic heterocycles. The van der Waals surface area contributed by atoms with Gasteiger partial charge in [0.1, 0.15) is 0 Å². The van der Waals surface area contributed by atoms with Crippen LogP contribution in [0.4, 0.5) is 0 Å². The fraction of sp³-hybridized carbons (Fsp3) is 0.385. The van der Waals surface area contributed by atoms with Crippen molar-refractivity contribution < 1.29 is 14.3 Å².